The Bertz CT molecular complexity index is 376. The van der Waals surface area contributed by atoms with Gasteiger partial charge in [-0.1, -0.05) is 12.1 Å². The second kappa shape index (κ2) is 4.85. The Morgan fingerprint density at radius 3 is 2.94 bits per heavy atom. The van der Waals surface area contributed by atoms with Gasteiger partial charge in [-0.25, -0.2) is 0 Å². The molecular weight excluding hydrogens is 202 g/mol. The molecule has 0 heterocycles. The van der Waals surface area contributed by atoms with Gasteiger partial charge in [-0.3, -0.25) is 0 Å². The number of hydrogen-bond acceptors (Lipinski definition) is 3. The number of rotatable bonds is 4. The second-order valence-electron chi connectivity index (χ2n) is 4.25. The average Bonchev–Trinajstić information content (AvgIpc) is 2.75. The minimum Gasteiger partial charge on any atom is -0.496 e. The minimum absolute atomic E-state index is 0.495. The van der Waals surface area contributed by atoms with E-state index in [1.165, 1.54) is 17.5 Å². The number of aryl methyl sites for hydroxylation is 1. The van der Waals surface area contributed by atoms with Gasteiger partial charge < -0.3 is 15.2 Å². The summed E-state index contributed by atoms with van der Waals surface area (Å²) in [7, 11) is 3.52. The summed E-state index contributed by atoms with van der Waals surface area (Å²) in [4.78, 5) is 0. The zero-order chi connectivity index (χ0) is 11.5. The van der Waals surface area contributed by atoms with E-state index in [1.54, 1.807) is 7.11 Å². The molecule has 2 N–H and O–H groups in total. The van der Waals surface area contributed by atoms with Gasteiger partial charge in [-0.15, -0.1) is 0 Å². The van der Waals surface area contributed by atoms with Crippen LogP contribution in [0.5, 0.6) is 5.75 Å². The molecule has 1 aliphatic carbocycles. The van der Waals surface area contributed by atoms with Crippen LogP contribution in [0, 0.1) is 0 Å². The monoisotopic (exact) mass is 221 g/mol. The minimum atomic E-state index is -0.495. The van der Waals surface area contributed by atoms with Crippen molar-refractivity contribution < 1.29 is 9.84 Å². The van der Waals surface area contributed by atoms with Crippen molar-refractivity contribution in [3.8, 4) is 5.75 Å². The highest BCUT2D eigenvalue weighted by atomic mass is 16.5. The highest BCUT2D eigenvalue weighted by Gasteiger charge is 2.21. The lowest BCUT2D eigenvalue weighted by Crippen LogP contribution is -2.17. The van der Waals surface area contributed by atoms with Crippen LogP contribution in [0.15, 0.2) is 12.1 Å². The van der Waals surface area contributed by atoms with E-state index in [9.17, 15) is 5.11 Å². The standard InChI is InChI=1S/C13H19NO2/c1-14-8-12(15)11-7-6-9-4-3-5-10(9)13(11)16-2/h6-7,12,14-15H,3-5,8H2,1-2H3. The van der Waals surface area contributed by atoms with Crippen LogP contribution in [0.2, 0.25) is 0 Å². The molecule has 88 valence electrons. The molecule has 3 nitrogen and oxygen atoms in total. The lowest BCUT2D eigenvalue weighted by molar-refractivity contribution is 0.173. The summed E-state index contributed by atoms with van der Waals surface area (Å²) in [5, 5.41) is 13.0. The first-order chi connectivity index (χ1) is 7.77. The normalized spacial score (nSPS) is 15.9. The van der Waals surface area contributed by atoms with E-state index in [0.29, 0.717) is 6.54 Å². The smallest absolute Gasteiger partial charge is 0.128 e. The number of methoxy groups -OCH3 is 1. The molecule has 1 aliphatic rings. The van der Waals surface area contributed by atoms with Crippen molar-refractivity contribution in [3.05, 3.63) is 28.8 Å². The molecule has 0 bridgehead atoms. The van der Waals surface area contributed by atoms with Crippen molar-refractivity contribution in [2.24, 2.45) is 0 Å². The van der Waals surface area contributed by atoms with Crippen molar-refractivity contribution in [3.63, 3.8) is 0 Å². The fraction of sp³-hybridized carbons (Fsp3) is 0.538. The zero-order valence-corrected chi connectivity index (χ0v) is 9.92. The molecule has 16 heavy (non-hydrogen) atoms. The summed E-state index contributed by atoms with van der Waals surface area (Å²) < 4.78 is 5.47. The Hall–Kier alpha value is -1.06. The molecule has 0 saturated heterocycles. The summed E-state index contributed by atoms with van der Waals surface area (Å²) in [6, 6.07) is 4.12. The molecule has 0 amide bonds. The number of aliphatic hydroxyl groups excluding tert-OH is 1. The molecular formula is C13H19NO2. The summed E-state index contributed by atoms with van der Waals surface area (Å²) in [5.74, 6) is 0.887. The Kier molecular flexibility index (Phi) is 3.46. The number of ether oxygens (including phenoxy) is 1. The second-order valence-corrected chi connectivity index (χ2v) is 4.25. The topological polar surface area (TPSA) is 41.5 Å². The number of aliphatic hydroxyl groups is 1. The van der Waals surface area contributed by atoms with Crippen LogP contribution >= 0.6 is 0 Å². The molecule has 1 unspecified atom stereocenters. The van der Waals surface area contributed by atoms with E-state index in [1.807, 2.05) is 13.1 Å². The number of nitrogens with one attached hydrogen (secondary N) is 1. The quantitative estimate of drug-likeness (QED) is 0.808. The van der Waals surface area contributed by atoms with E-state index in [4.69, 9.17) is 4.74 Å². The Morgan fingerprint density at radius 1 is 1.44 bits per heavy atom. The van der Waals surface area contributed by atoms with Crippen LogP contribution in [0.1, 0.15) is 29.2 Å². The van der Waals surface area contributed by atoms with Crippen LogP contribution in [0.25, 0.3) is 0 Å². The van der Waals surface area contributed by atoms with Crippen LogP contribution in [-0.2, 0) is 12.8 Å². The van der Waals surface area contributed by atoms with Crippen LogP contribution < -0.4 is 10.1 Å². The predicted molar refractivity (Wildman–Crippen MR) is 63.9 cm³/mol. The van der Waals surface area contributed by atoms with Gasteiger partial charge in [0, 0.05) is 12.1 Å². The highest BCUT2D eigenvalue weighted by Crippen LogP contribution is 2.36. The van der Waals surface area contributed by atoms with Gasteiger partial charge in [0.25, 0.3) is 0 Å². The number of benzene rings is 1. The molecule has 1 atom stereocenters. The third-order valence-corrected chi connectivity index (χ3v) is 3.22. The van der Waals surface area contributed by atoms with E-state index < -0.39 is 6.10 Å². The van der Waals surface area contributed by atoms with E-state index >= 15 is 0 Å². The van der Waals surface area contributed by atoms with Crippen molar-refractivity contribution in [2.45, 2.75) is 25.4 Å². The van der Waals surface area contributed by atoms with Gasteiger partial charge in [0.05, 0.1) is 13.2 Å². The molecule has 0 saturated carbocycles. The summed E-state index contributed by atoms with van der Waals surface area (Å²) in [6.07, 6.45) is 2.90. The van der Waals surface area contributed by atoms with Crippen molar-refractivity contribution in [2.75, 3.05) is 20.7 Å². The van der Waals surface area contributed by atoms with Crippen molar-refractivity contribution in [1.82, 2.24) is 5.32 Å². The molecule has 0 aromatic heterocycles. The lowest BCUT2D eigenvalue weighted by atomic mass is 10.0. The predicted octanol–water partition coefficient (Wildman–Crippen LogP) is 1.44. The van der Waals surface area contributed by atoms with Crippen LogP contribution in [0.3, 0.4) is 0 Å². The van der Waals surface area contributed by atoms with Gasteiger partial charge in [0.2, 0.25) is 0 Å². The van der Waals surface area contributed by atoms with Gasteiger partial charge in [-0.05, 0) is 37.4 Å². The summed E-state index contributed by atoms with van der Waals surface area (Å²) in [6.45, 7) is 0.551. The first-order valence-corrected chi connectivity index (χ1v) is 5.79. The number of likely N-dealkylation sites (N-methyl/N-ethyl adjacent to an activating group) is 1. The third kappa shape index (κ3) is 1.93. The van der Waals surface area contributed by atoms with Gasteiger partial charge in [-0.2, -0.15) is 0 Å². The molecule has 2 rings (SSSR count). The van der Waals surface area contributed by atoms with Gasteiger partial charge in [0.1, 0.15) is 5.75 Å². The molecule has 0 aliphatic heterocycles. The summed E-state index contributed by atoms with van der Waals surface area (Å²) >= 11 is 0. The van der Waals surface area contributed by atoms with Crippen LogP contribution in [0.4, 0.5) is 0 Å². The average molecular weight is 221 g/mol. The molecule has 3 heteroatoms. The first kappa shape index (κ1) is 11.4. The molecule has 0 radical (unpaired) electrons. The van der Waals surface area contributed by atoms with E-state index in [0.717, 1.165) is 24.2 Å². The molecule has 0 fully saturated rings. The van der Waals surface area contributed by atoms with E-state index in [-0.39, 0.29) is 0 Å². The summed E-state index contributed by atoms with van der Waals surface area (Å²) in [5.41, 5.74) is 3.56. The third-order valence-electron chi connectivity index (χ3n) is 3.22. The van der Waals surface area contributed by atoms with E-state index in [2.05, 4.69) is 11.4 Å². The molecule has 1 aromatic rings. The van der Waals surface area contributed by atoms with Crippen LogP contribution in [-0.4, -0.2) is 25.8 Å². The number of fused-ring (bicyclic) bond motifs is 1. The number of hydrogen-bond donors (Lipinski definition) is 2. The van der Waals surface area contributed by atoms with Crippen molar-refractivity contribution >= 4 is 0 Å². The van der Waals surface area contributed by atoms with Crippen molar-refractivity contribution in [1.29, 1.82) is 0 Å². The maximum atomic E-state index is 10.0. The maximum Gasteiger partial charge on any atom is 0.128 e. The van der Waals surface area contributed by atoms with Gasteiger partial charge >= 0.3 is 0 Å². The lowest BCUT2D eigenvalue weighted by Gasteiger charge is -2.17. The maximum absolute atomic E-state index is 10.0. The fourth-order valence-corrected chi connectivity index (χ4v) is 2.46. The largest absolute Gasteiger partial charge is 0.496 e. The SMILES string of the molecule is CNCC(O)c1ccc2c(c1OC)CCC2. The van der Waals surface area contributed by atoms with Gasteiger partial charge in [0.15, 0.2) is 0 Å². The Balaban J connectivity index is 2.38. The fourth-order valence-electron chi connectivity index (χ4n) is 2.46. The first-order valence-electron chi connectivity index (χ1n) is 5.79. The highest BCUT2D eigenvalue weighted by molar-refractivity contribution is 5.49. The Labute approximate surface area is 96.4 Å². The molecule has 1 aromatic carbocycles. The Morgan fingerprint density at radius 2 is 2.25 bits per heavy atom. The molecule has 0 spiro atoms. The zero-order valence-electron chi connectivity index (χ0n) is 9.92.